The molecule has 7 heteroatoms. The largest absolute Gasteiger partial charge is 0.468 e. The maximum Gasteiger partial charge on any atom is 0.324 e. The SMILES string of the molecule is COC(=O)C1(C(=O)OC)CC2=CC[C@H]3C(=O)N(c4ccccc4)C(=O)[C@H]3[C@H]2[C@@H]1c1ccccc1. The monoisotopic (exact) mass is 459 g/mol. The molecule has 0 N–H and O–H groups in total. The van der Waals surface area contributed by atoms with E-state index in [0.717, 1.165) is 11.1 Å². The van der Waals surface area contributed by atoms with E-state index in [-0.39, 0.29) is 18.2 Å². The molecule has 1 saturated heterocycles. The predicted octanol–water partition coefficient (Wildman–Crippen LogP) is 3.26. The van der Waals surface area contributed by atoms with Crippen molar-refractivity contribution in [1.29, 1.82) is 0 Å². The van der Waals surface area contributed by atoms with Crippen LogP contribution in [0.2, 0.25) is 0 Å². The number of ether oxygens (including phenoxy) is 2. The van der Waals surface area contributed by atoms with Gasteiger partial charge in [-0.2, -0.15) is 0 Å². The number of rotatable bonds is 4. The van der Waals surface area contributed by atoms with Gasteiger partial charge in [0.25, 0.3) is 0 Å². The number of carbonyl (C=O) groups excluding carboxylic acids is 4. The second-order valence-electron chi connectivity index (χ2n) is 9.04. The summed E-state index contributed by atoms with van der Waals surface area (Å²) in [4.78, 5) is 55.0. The molecule has 0 aromatic heterocycles. The average molecular weight is 459 g/mol. The molecule has 1 heterocycles. The van der Waals surface area contributed by atoms with Gasteiger partial charge in [0.2, 0.25) is 11.8 Å². The van der Waals surface area contributed by atoms with Gasteiger partial charge >= 0.3 is 11.9 Å². The molecule has 0 radical (unpaired) electrons. The standard InChI is InChI=1S/C27H25NO6/c1-33-25(31)27(26(32)34-2)15-17-13-14-19-21(20(17)22(27)16-9-5-3-6-10-16)24(30)28(23(19)29)18-11-7-4-8-12-18/h3-13,19-22H,14-15H2,1-2H3/t19-,20+,21-,22+/m1/s1. The van der Waals surface area contributed by atoms with Crippen molar-refractivity contribution in [3.05, 3.63) is 77.9 Å². The number of imide groups is 1. The number of hydrogen-bond donors (Lipinski definition) is 0. The normalized spacial score (nSPS) is 27.0. The van der Waals surface area contributed by atoms with Crippen molar-refractivity contribution < 1.29 is 28.7 Å². The first-order chi connectivity index (χ1) is 16.5. The number of fused-ring (bicyclic) bond motifs is 3. The number of hydrogen-bond acceptors (Lipinski definition) is 6. The van der Waals surface area contributed by atoms with Crippen molar-refractivity contribution >= 4 is 29.4 Å². The van der Waals surface area contributed by atoms with Crippen LogP contribution in [0.5, 0.6) is 0 Å². The quantitative estimate of drug-likeness (QED) is 0.302. The van der Waals surface area contributed by atoms with Crippen molar-refractivity contribution in [3.63, 3.8) is 0 Å². The van der Waals surface area contributed by atoms with Crippen LogP contribution < -0.4 is 4.90 Å². The zero-order chi connectivity index (χ0) is 24.0. The lowest BCUT2D eigenvalue weighted by Crippen LogP contribution is -2.45. The topological polar surface area (TPSA) is 90.0 Å². The van der Waals surface area contributed by atoms with Crippen molar-refractivity contribution in [3.8, 4) is 0 Å². The van der Waals surface area contributed by atoms with Crippen molar-refractivity contribution in [2.45, 2.75) is 18.8 Å². The number of para-hydroxylation sites is 1. The van der Waals surface area contributed by atoms with Gasteiger partial charge in [-0.1, -0.05) is 60.2 Å². The minimum absolute atomic E-state index is 0.0899. The number of carbonyl (C=O) groups is 4. The maximum atomic E-state index is 13.8. The van der Waals surface area contributed by atoms with E-state index >= 15 is 0 Å². The van der Waals surface area contributed by atoms with Crippen LogP contribution in [-0.2, 0) is 28.7 Å². The van der Waals surface area contributed by atoms with E-state index in [1.54, 1.807) is 24.3 Å². The first-order valence-electron chi connectivity index (χ1n) is 11.3. The summed E-state index contributed by atoms with van der Waals surface area (Å²) >= 11 is 0. The number of methoxy groups -OCH3 is 2. The van der Waals surface area contributed by atoms with Crippen molar-refractivity contribution in [2.24, 2.45) is 23.2 Å². The summed E-state index contributed by atoms with van der Waals surface area (Å²) < 4.78 is 10.3. The first kappa shape index (κ1) is 22.1. The van der Waals surface area contributed by atoms with Crippen LogP contribution in [0.1, 0.15) is 24.3 Å². The fraction of sp³-hybridized carbons (Fsp3) is 0.333. The van der Waals surface area contributed by atoms with E-state index in [4.69, 9.17) is 9.47 Å². The van der Waals surface area contributed by atoms with E-state index in [2.05, 4.69) is 0 Å². The molecular formula is C27H25NO6. The Hall–Kier alpha value is -3.74. The number of amides is 2. The zero-order valence-corrected chi connectivity index (χ0v) is 19.0. The van der Waals surface area contributed by atoms with Crippen LogP contribution in [0.25, 0.3) is 0 Å². The highest BCUT2D eigenvalue weighted by Gasteiger charge is 2.68. The van der Waals surface area contributed by atoms with Gasteiger partial charge in [-0.05, 0) is 30.5 Å². The lowest BCUT2D eigenvalue weighted by atomic mass is 9.65. The molecule has 2 aromatic rings. The molecule has 1 saturated carbocycles. The molecule has 0 spiro atoms. The maximum absolute atomic E-state index is 13.8. The molecule has 5 rings (SSSR count). The summed E-state index contributed by atoms with van der Waals surface area (Å²) in [6.45, 7) is 0. The van der Waals surface area contributed by atoms with Gasteiger partial charge in [0.05, 0.1) is 31.7 Å². The summed E-state index contributed by atoms with van der Waals surface area (Å²) in [7, 11) is 2.49. The Labute approximate surface area is 197 Å². The Morgan fingerprint density at radius 2 is 1.44 bits per heavy atom. The van der Waals surface area contributed by atoms with E-state index in [1.807, 2.05) is 42.5 Å². The van der Waals surface area contributed by atoms with Gasteiger partial charge in [0.1, 0.15) is 0 Å². The minimum atomic E-state index is -1.64. The smallest absolute Gasteiger partial charge is 0.324 e. The fourth-order valence-corrected chi connectivity index (χ4v) is 6.23. The minimum Gasteiger partial charge on any atom is -0.468 e. The van der Waals surface area contributed by atoms with Crippen LogP contribution in [0.3, 0.4) is 0 Å². The highest BCUT2D eigenvalue weighted by molar-refractivity contribution is 6.22. The van der Waals surface area contributed by atoms with Gasteiger partial charge in [-0.3, -0.25) is 24.1 Å². The molecule has 1 aliphatic heterocycles. The van der Waals surface area contributed by atoms with Gasteiger partial charge < -0.3 is 9.47 Å². The third-order valence-electron chi connectivity index (χ3n) is 7.57. The summed E-state index contributed by atoms with van der Waals surface area (Å²) in [6, 6.07) is 18.0. The van der Waals surface area contributed by atoms with Gasteiger partial charge in [-0.15, -0.1) is 0 Å². The van der Waals surface area contributed by atoms with Crippen LogP contribution in [0.15, 0.2) is 72.3 Å². The number of nitrogens with zero attached hydrogens (tertiary/aromatic N) is 1. The van der Waals surface area contributed by atoms with E-state index in [0.29, 0.717) is 12.1 Å². The fourth-order valence-electron chi connectivity index (χ4n) is 6.23. The number of anilines is 1. The Morgan fingerprint density at radius 3 is 2.03 bits per heavy atom. The van der Waals surface area contributed by atoms with Gasteiger partial charge in [-0.25, -0.2) is 0 Å². The molecule has 3 aliphatic rings. The Morgan fingerprint density at radius 1 is 0.853 bits per heavy atom. The second-order valence-corrected chi connectivity index (χ2v) is 9.04. The highest BCUT2D eigenvalue weighted by Crippen LogP contribution is 2.63. The van der Waals surface area contributed by atoms with E-state index in [1.165, 1.54) is 19.1 Å². The summed E-state index contributed by atoms with van der Waals surface area (Å²) in [5, 5.41) is 0. The predicted molar refractivity (Wildman–Crippen MR) is 122 cm³/mol. The van der Waals surface area contributed by atoms with Gasteiger partial charge in [0, 0.05) is 11.8 Å². The lowest BCUT2D eigenvalue weighted by Gasteiger charge is -2.36. The molecular weight excluding hydrogens is 434 g/mol. The van der Waals surface area contributed by atoms with Gasteiger partial charge in [0.15, 0.2) is 5.41 Å². The average Bonchev–Trinajstić information content (AvgIpc) is 3.36. The van der Waals surface area contributed by atoms with Crippen LogP contribution >= 0.6 is 0 Å². The number of allylic oxidation sites excluding steroid dienone is 2. The summed E-state index contributed by atoms with van der Waals surface area (Å²) in [5.74, 6) is -4.41. The molecule has 0 bridgehead atoms. The molecule has 174 valence electrons. The first-order valence-corrected chi connectivity index (χ1v) is 11.3. The summed E-state index contributed by atoms with van der Waals surface area (Å²) in [5.41, 5.74) is 0.433. The Balaban J connectivity index is 1.68. The second kappa shape index (κ2) is 8.24. The zero-order valence-electron chi connectivity index (χ0n) is 19.0. The third-order valence-corrected chi connectivity index (χ3v) is 7.57. The molecule has 2 amide bonds. The highest BCUT2D eigenvalue weighted by atomic mass is 16.5. The molecule has 34 heavy (non-hydrogen) atoms. The molecule has 2 fully saturated rings. The van der Waals surface area contributed by atoms with Crippen LogP contribution in [0, 0.1) is 23.2 Å². The molecule has 4 atom stereocenters. The van der Waals surface area contributed by atoms with Crippen molar-refractivity contribution in [1.82, 2.24) is 0 Å². The van der Waals surface area contributed by atoms with Crippen LogP contribution in [-0.4, -0.2) is 38.0 Å². The third kappa shape index (κ3) is 2.96. The summed E-state index contributed by atoms with van der Waals surface area (Å²) in [6.07, 6.45) is 2.39. The molecule has 2 aromatic carbocycles. The molecule has 0 unspecified atom stereocenters. The molecule has 2 aliphatic carbocycles. The van der Waals surface area contributed by atoms with E-state index in [9.17, 15) is 19.2 Å². The van der Waals surface area contributed by atoms with Crippen LogP contribution in [0.4, 0.5) is 5.69 Å². The van der Waals surface area contributed by atoms with Crippen molar-refractivity contribution in [2.75, 3.05) is 19.1 Å². The molecule has 7 nitrogen and oxygen atoms in total. The number of benzene rings is 2. The number of esters is 2. The van der Waals surface area contributed by atoms with E-state index < -0.39 is 41.0 Å². The lowest BCUT2D eigenvalue weighted by molar-refractivity contribution is -0.170. The Bertz CT molecular complexity index is 1170. The Kier molecular flexibility index (Phi) is 5.35.